The largest absolute Gasteiger partial charge is 0.492 e. The molecule has 0 bridgehead atoms. The van der Waals surface area contributed by atoms with E-state index in [0.29, 0.717) is 24.4 Å². The van der Waals surface area contributed by atoms with Crippen molar-refractivity contribution in [2.45, 2.75) is 50.6 Å². The van der Waals surface area contributed by atoms with E-state index in [1.54, 1.807) is 0 Å². The van der Waals surface area contributed by atoms with Crippen molar-refractivity contribution in [3.05, 3.63) is 65.2 Å². The summed E-state index contributed by atoms with van der Waals surface area (Å²) in [5.74, 6) is 1.90. The zero-order valence-corrected chi connectivity index (χ0v) is 18.8. The number of benzene rings is 2. The maximum absolute atomic E-state index is 12.3. The Bertz CT molecular complexity index is 999. The van der Waals surface area contributed by atoms with Crippen LogP contribution in [0.25, 0.3) is 0 Å². The molecule has 5 rings (SSSR count). The van der Waals surface area contributed by atoms with E-state index in [9.17, 15) is 8.42 Å². The molecule has 5 nitrogen and oxygen atoms in total. The van der Waals surface area contributed by atoms with Crippen LogP contribution in [0, 0.1) is 5.92 Å². The molecule has 2 aliphatic heterocycles. The third kappa shape index (κ3) is 5.13. The van der Waals surface area contributed by atoms with Crippen molar-refractivity contribution in [2.24, 2.45) is 5.92 Å². The highest BCUT2D eigenvalue weighted by atomic mass is 32.2. The minimum Gasteiger partial charge on any atom is -0.492 e. The number of fused-ring (bicyclic) bond motifs is 1. The third-order valence-corrected chi connectivity index (χ3v) is 8.40. The van der Waals surface area contributed by atoms with Crippen molar-refractivity contribution in [1.29, 1.82) is 0 Å². The normalized spacial score (nSPS) is 24.0. The van der Waals surface area contributed by atoms with Gasteiger partial charge in [-0.25, -0.2) is 13.1 Å². The van der Waals surface area contributed by atoms with Gasteiger partial charge in [-0.3, -0.25) is 4.90 Å². The van der Waals surface area contributed by atoms with Crippen molar-refractivity contribution >= 4 is 10.0 Å². The average molecular weight is 441 g/mol. The molecule has 0 spiro atoms. The van der Waals surface area contributed by atoms with E-state index in [4.69, 9.17) is 4.74 Å². The van der Waals surface area contributed by atoms with Crippen LogP contribution in [0.3, 0.4) is 0 Å². The maximum Gasteiger partial charge on any atom is 0.212 e. The van der Waals surface area contributed by atoms with Gasteiger partial charge in [-0.1, -0.05) is 42.5 Å². The number of likely N-dealkylation sites (tertiary alicyclic amines) is 1. The SMILES string of the molecule is O=S(=O)(CC1CC1)NCc1ccc2c(c1)[C@H](Cc1ccccc1)[C@H](N1CCCC1)CO2. The lowest BCUT2D eigenvalue weighted by atomic mass is 9.82. The first-order valence-electron chi connectivity index (χ1n) is 11.6. The van der Waals surface area contributed by atoms with Gasteiger partial charge in [-0.2, -0.15) is 0 Å². The first kappa shape index (κ1) is 21.0. The second kappa shape index (κ2) is 8.93. The lowest BCUT2D eigenvalue weighted by Gasteiger charge is -2.39. The van der Waals surface area contributed by atoms with Crippen LogP contribution < -0.4 is 9.46 Å². The predicted molar refractivity (Wildman–Crippen MR) is 123 cm³/mol. The number of nitrogens with one attached hydrogen (secondary N) is 1. The average Bonchev–Trinajstić information content (AvgIpc) is 3.40. The molecule has 2 aromatic carbocycles. The summed E-state index contributed by atoms with van der Waals surface area (Å²) < 4.78 is 33.7. The van der Waals surface area contributed by atoms with Crippen LogP contribution in [-0.2, 0) is 23.0 Å². The zero-order chi connectivity index (χ0) is 21.3. The molecule has 6 heteroatoms. The Morgan fingerprint density at radius 3 is 2.52 bits per heavy atom. The Kier molecular flexibility index (Phi) is 6.04. The van der Waals surface area contributed by atoms with E-state index in [0.717, 1.165) is 50.3 Å². The number of rotatable bonds is 8. The highest BCUT2D eigenvalue weighted by molar-refractivity contribution is 7.89. The highest BCUT2D eigenvalue weighted by Crippen LogP contribution is 2.39. The van der Waals surface area contributed by atoms with Gasteiger partial charge in [0.05, 0.1) is 11.8 Å². The minimum atomic E-state index is -3.21. The summed E-state index contributed by atoms with van der Waals surface area (Å²) in [6.07, 6.45) is 5.55. The molecule has 2 fully saturated rings. The lowest BCUT2D eigenvalue weighted by molar-refractivity contribution is 0.116. The van der Waals surface area contributed by atoms with Gasteiger partial charge < -0.3 is 4.74 Å². The first-order chi connectivity index (χ1) is 15.1. The third-order valence-electron chi connectivity index (χ3n) is 6.90. The molecule has 0 radical (unpaired) electrons. The van der Waals surface area contributed by atoms with Gasteiger partial charge in [0.1, 0.15) is 12.4 Å². The molecule has 166 valence electrons. The molecule has 1 N–H and O–H groups in total. The minimum absolute atomic E-state index is 0.259. The molecule has 0 aromatic heterocycles. The predicted octanol–water partition coefficient (Wildman–Crippen LogP) is 3.70. The van der Waals surface area contributed by atoms with E-state index in [-0.39, 0.29) is 5.75 Å². The summed E-state index contributed by atoms with van der Waals surface area (Å²) in [6, 6.07) is 17.2. The fourth-order valence-electron chi connectivity index (χ4n) is 5.02. The number of nitrogens with zero attached hydrogens (tertiary/aromatic N) is 1. The second-order valence-corrected chi connectivity index (χ2v) is 11.2. The van der Waals surface area contributed by atoms with Gasteiger partial charge >= 0.3 is 0 Å². The van der Waals surface area contributed by atoms with Gasteiger partial charge in [0.25, 0.3) is 0 Å². The van der Waals surface area contributed by atoms with Crippen molar-refractivity contribution in [3.8, 4) is 5.75 Å². The Morgan fingerprint density at radius 1 is 1.00 bits per heavy atom. The van der Waals surface area contributed by atoms with Crippen LogP contribution >= 0.6 is 0 Å². The molecule has 31 heavy (non-hydrogen) atoms. The molecular weight excluding hydrogens is 408 g/mol. The molecule has 3 aliphatic rings. The Labute approximate surface area is 185 Å². The van der Waals surface area contributed by atoms with E-state index >= 15 is 0 Å². The monoisotopic (exact) mass is 440 g/mol. The Hall–Kier alpha value is -1.89. The quantitative estimate of drug-likeness (QED) is 0.680. The van der Waals surface area contributed by atoms with Crippen LogP contribution in [0.2, 0.25) is 0 Å². The first-order valence-corrected chi connectivity index (χ1v) is 13.2. The molecule has 0 amide bonds. The molecule has 1 aliphatic carbocycles. The van der Waals surface area contributed by atoms with E-state index in [2.05, 4.69) is 46.0 Å². The fourth-order valence-corrected chi connectivity index (χ4v) is 6.48. The van der Waals surface area contributed by atoms with E-state index in [1.807, 2.05) is 12.1 Å². The summed E-state index contributed by atoms with van der Waals surface area (Å²) in [4.78, 5) is 2.58. The van der Waals surface area contributed by atoms with E-state index in [1.165, 1.54) is 24.0 Å². The summed E-state index contributed by atoms with van der Waals surface area (Å²) in [6.45, 7) is 3.33. The van der Waals surface area contributed by atoms with Crippen molar-refractivity contribution < 1.29 is 13.2 Å². The molecule has 2 atom stereocenters. The summed E-state index contributed by atoms with van der Waals surface area (Å²) in [5, 5.41) is 0. The van der Waals surface area contributed by atoms with Gasteiger partial charge in [0, 0.05) is 12.5 Å². The summed E-state index contributed by atoms with van der Waals surface area (Å²) in [5.41, 5.74) is 3.55. The Balaban J connectivity index is 1.39. The zero-order valence-electron chi connectivity index (χ0n) is 18.0. The number of hydrogen-bond donors (Lipinski definition) is 1. The molecule has 2 heterocycles. The number of sulfonamides is 1. The number of ether oxygens (including phenoxy) is 1. The van der Waals surface area contributed by atoms with Gasteiger partial charge in [-0.05, 0) is 73.9 Å². The van der Waals surface area contributed by atoms with Gasteiger partial charge in [0.2, 0.25) is 10.0 Å². The van der Waals surface area contributed by atoms with Crippen molar-refractivity contribution in [1.82, 2.24) is 9.62 Å². The highest BCUT2D eigenvalue weighted by Gasteiger charge is 2.36. The second-order valence-electron chi connectivity index (χ2n) is 9.34. The topological polar surface area (TPSA) is 58.6 Å². The van der Waals surface area contributed by atoms with Crippen LogP contribution in [0.1, 0.15) is 48.3 Å². The number of hydrogen-bond acceptors (Lipinski definition) is 4. The summed E-state index contributed by atoms with van der Waals surface area (Å²) in [7, 11) is -3.21. The van der Waals surface area contributed by atoms with Gasteiger partial charge in [0.15, 0.2) is 0 Å². The van der Waals surface area contributed by atoms with Crippen LogP contribution in [0.4, 0.5) is 0 Å². The molecule has 1 saturated carbocycles. The van der Waals surface area contributed by atoms with E-state index < -0.39 is 10.0 Å². The Morgan fingerprint density at radius 2 is 1.77 bits per heavy atom. The standard InChI is InChI=1S/C25H32N2O3S/c28-31(29,18-20-8-9-20)26-16-21-10-11-25-23(15-21)22(14-19-6-2-1-3-7-19)24(17-30-25)27-12-4-5-13-27/h1-3,6-7,10-11,15,20,22,24,26H,4-5,8-9,12-14,16-18H2/t22-,24+/m0/s1. The molecule has 1 saturated heterocycles. The van der Waals surface area contributed by atoms with Crippen LogP contribution in [0.15, 0.2) is 48.5 Å². The van der Waals surface area contributed by atoms with Crippen molar-refractivity contribution in [3.63, 3.8) is 0 Å². The fraction of sp³-hybridized carbons (Fsp3) is 0.520. The molecule has 0 unspecified atom stereocenters. The maximum atomic E-state index is 12.3. The lowest BCUT2D eigenvalue weighted by Crippen LogP contribution is -2.45. The van der Waals surface area contributed by atoms with Crippen LogP contribution in [-0.4, -0.2) is 44.8 Å². The smallest absolute Gasteiger partial charge is 0.212 e. The van der Waals surface area contributed by atoms with Crippen molar-refractivity contribution in [2.75, 3.05) is 25.4 Å². The summed E-state index contributed by atoms with van der Waals surface area (Å²) >= 11 is 0. The van der Waals surface area contributed by atoms with Gasteiger partial charge in [-0.15, -0.1) is 0 Å². The molecule has 2 aromatic rings. The van der Waals surface area contributed by atoms with Crippen LogP contribution in [0.5, 0.6) is 5.75 Å². The molecular formula is C25H32N2O3S.